The molecule has 0 bridgehead atoms. The molecule has 8 heteroatoms. The summed E-state index contributed by atoms with van der Waals surface area (Å²) in [6, 6.07) is 6.35. The molecule has 2 aromatic rings. The van der Waals surface area contributed by atoms with Gasteiger partial charge < -0.3 is 16.4 Å². The third-order valence-corrected chi connectivity index (χ3v) is 3.47. The predicted octanol–water partition coefficient (Wildman–Crippen LogP) is 1.54. The van der Waals surface area contributed by atoms with Crippen molar-refractivity contribution in [2.75, 3.05) is 11.9 Å². The first-order valence-corrected chi connectivity index (χ1v) is 7.39. The fourth-order valence-electron chi connectivity index (χ4n) is 2.09. The topological polar surface area (TPSA) is 102 Å². The van der Waals surface area contributed by atoms with Gasteiger partial charge in [0.05, 0.1) is 12.1 Å². The lowest BCUT2D eigenvalue weighted by atomic mass is 10.0. The second-order valence-corrected chi connectivity index (χ2v) is 5.61. The number of nitrogens with two attached hydrogens (primary N) is 1. The summed E-state index contributed by atoms with van der Waals surface area (Å²) in [7, 11) is 1.79. The smallest absolute Gasteiger partial charge is 0.319 e. The normalized spacial score (nSPS) is 11.7. The zero-order chi connectivity index (χ0) is 16.8. The minimum Gasteiger partial charge on any atom is -0.369 e. The first-order chi connectivity index (χ1) is 10.9. The van der Waals surface area contributed by atoms with Gasteiger partial charge in [-0.05, 0) is 30.2 Å². The summed E-state index contributed by atoms with van der Waals surface area (Å²) >= 11 is 5.85. The van der Waals surface area contributed by atoms with Gasteiger partial charge in [0, 0.05) is 30.5 Å². The highest BCUT2D eigenvalue weighted by molar-refractivity contribution is 6.30. The van der Waals surface area contributed by atoms with Gasteiger partial charge in [-0.2, -0.15) is 5.10 Å². The van der Waals surface area contributed by atoms with E-state index >= 15 is 0 Å². The van der Waals surface area contributed by atoms with Gasteiger partial charge in [-0.1, -0.05) is 17.7 Å². The van der Waals surface area contributed by atoms with Crippen molar-refractivity contribution in [3.8, 4) is 0 Å². The molecule has 0 saturated carbocycles. The van der Waals surface area contributed by atoms with Crippen LogP contribution >= 0.6 is 11.6 Å². The van der Waals surface area contributed by atoms with Crippen LogP contribution in [0.25, 0.3) is 0 Å². The first-order valence-electron chi connectivity index (χ1n) is 7.01. The number of nitrogens with zero attached hydrogens (tertiary/aromatic N) is 2. The van der Waals surface area contributed by atoms with Crippen molar-refractivity contribution in [1.29, 1.82) is 0 Å². The van der Waals surface area contributed by atoms with Crippen LogP contribution in [0.3, 0.4) is 0 Å². The number of benzene rings is 1. The number of aromatic nitrogens is 2. The van der Waals surface area contributed by atoms with E-state index in [9.17, 15) is 9.59 Å². The van der Waals surface area contributed by atoms with Crippen molar-refractivity contribution in [2.24, 2.45) is 18.7 Å². The summed E-state index contributed by atoms with van der Waals surface area (Å²) in [4.78, 5) is 23.4. The molecule has 0 aliphatic rings. The third kappa shape index (κ3) is 5.30. The highest BCUT2D eigenvalue weighted by Crippen LogP contribution is 2.14. The molecule has 23 heavy (non-hydrogen) atoms. The van der Waals surface area contributed by atoms with E-state index in [0.29, 0.717) is 17.1 Å². The number of carbonyl (C=O) groups excluding carboxylic acids is 2. The zero-order valence-electron chi connectivity index (χ0n) is 12.6. The maximum Gasteiger partial charge on any atom is 0.319 e. The number of aryl methyl sites for hydroxylation is 1. The van der Waals surface area contributed by atoms with E-state index in [2.05, 4.69) is 15.7 Å². The Morgan fingerprint density at radius 1 is 1.43 bits per heavy atom. The van der Waals surface area contributed by atoms with Crippen molar-refractivity contribution in [3.05, 3.63) is 47.2 Å². The molecule has 0 spiro atoms. The van der Waals surface area contributed by atoms with Crippen LogP contribution in [0.2, 0.25) is 5.02 Å². The molecule has 4 N–H and O–H groups in total. The van der Waals surface area contributed by atoms with E-state index in [4.69, 9.17) is 17.3 Å². The Morgan fingerprint density at radius 3 is 2.83 bits per heavy atom. The standard InChI is InChI=1S/C15H18ClN5O2/c1-21-9-10(7-19-21)5-11(14(17)22)8-18-15(23)20-13-4-2-3-12(16)6-13/h2-4,6-7,9,11H,5,8H2,1H3,(H2,17,22)(H2,18,20,23)/t11-/m1/s1. The molecule has 2 rings (SSSR count). The Hall–Kier alpha value is -2.54. The van der Waals surface area contributed by atoms with Crippen molar-refractivity contribution >= 4 is 29.2 Å². The highest BCUT2D eigenvalue weighted by atomic mass is 35.5. The number of anilines is 1. The summed E-state index contributed by atoms with van der Waals surface area (Å²) in [6.45, 7) is 0.136. The molecule has 7 nitrogen and oxygen atoms in total. The number of carbonyl (C=O) groups is 2. The van der Waals surface area contributed by atoms with Crippen LogP contribution in [0.1, 0.15) is 5.56 Å². The Morgan fingerprint density at radius 2 is 2.22 bits per heavy atom. The van der Waals surface area contributed by atoms with Crippen LogP contribution in [-0.4, -0.2) is 28.3 Å². The molecular formula is C15H18ClN5O2. The molecule has 1 heterocycles. The van der Waals surface area contributed by atoms with E-state index in [-0.39, 0.29) is 6.54 Å². The van der Waals surface area contributed by atoms with Gasteiger partial charge in [0.15, 0.2) is 0 Å². The predicted molar refractivity (Wildman–Crippen MR) is 88.1 cm³/mol. The van der Waals surface area contributed by atoms with E-state index in [1.54, 1.807) is 42.2 Å². The summed E-state index contributed by atoms with van der Waals surface area (Å²) in [6.07, 6.45) is 3.89. The molecule has 122 valence electrons. The average molecular weight is 336 g/mol. The van der Waals surface area contributed by atoms with Crippen molar-refractivity contribution < 1.29 is 9.59 Å². The minimum atomic E-state index is -0.510. The van der Waals surface area contributed by atoms with Crippen LogP contribution < -0.4 is 16.4 Å². The van der Waals surface area contributed by atoms with Crippen LogP contribution in [0.5, 0.6) is 0 Å². The number of primary amides is 1. The molecule has 1 aromatic heterocycles. The summed E-state index contributed by atoms with van der Waals surface area (Å²) in [5.74, 6) is -0.985. The van der Waals surface area contributed by atoms with Gasteiger partial charge in [0.2, 0.25) is 5.91 Å². The monoisotopic (exact) mass is 335 g/mol. The summed E-state index contributed by atoms with van der Waals surface area (Å²) < 4.78 is 1.65. The fourth-order valence-corrected chi connectivity index (χ4v) is 2.28. The average Bonchev–Trinajstić information content (AvgIpc) is 2.88. The SMILES string of the molecule is Cn1cc(C[C@H](CNC(=O)Nc2cccc(Cl)c2)C(N)=O)cn1. The fraction of sp³-hybridized carbons (Fsp3) is 0.267. The molecule has 1 aromatic carbocycles. The Balaban J connectivity index is 1.88. The molecule has 1 atom stereocenters. The number of halogens is 1. The van der Waals surface area contributed by atoms with Crippen molar-refractivity contribution in [1.82, 2.24) is 15.1 Å². The largest absolute Gasteiger partial charge is 0.369 e. The second kappa shape index (κ2) is 7.64. The van der Waals surface area contributed by atoms with Crippen molar-refractivity contribution in [2.45, 2.75) is 6.42 Å². The van der Waals surface area contributed by atoms with Crippen molar-refractivity contribution in [3.63, 3.8) is 0 Å². The van der Waals surface area contributed by atoms with Crippen LogP contribution in [-0.2, 0) is 18.3 Å². The lowest BCUT2D eigenvalue weighted by Gasteiger charge is -2.14. The number of hydrogen-bond acceptors (Lipinski definition) is 3. The van der Waals surface area contributed by atoms with Gasteiger partial charge in [-0.3, -0.25) is 9.48 Å². The number of nitrogens with one attached hydrogen (secondary N) is 2. The molecular weight excluding hydrogens is 318 g/mol. The zero-order valence-corrected chi connectivity index (χ0v) is 13.4. The lowest BCUT2D eigenvalue weighted by Crippen LogP contribution is -2.39. The summed E-state index contributed by atoms with van der Waals surface area (Å²) in [5.41, 5.74) is 6.84. The number of urea groups is 1. The number of rotatable bonds is 6. The molecule has 0 fully saturated rings. The highest BCUT2D eigenvalue weighted by Gasteiger charge is 2.18. The Labute approximate surface area is 138 Å². The van der Waals surface area contributed by atoms with E-state index in [1.807, 2.05) is 6.20 Å². The summed E-state index contributed by atoms with van der Waals surface area (Å²) in [5, 5.41) is 9.84. The molecule has 0 radical (unpaired) electrons. The lowest BCUT2D eigenvalue weighted by molar-refractivity contribution is -0.121. The van der Waals surface area contributed by atoms with Crippen LogP contribution in [0, 0.1) is 5.92 Å². The molecule has 0 saturated heterocycles. The van der Waals surface area contributed by atoms with Gasteiger partial charge in [-0.15, -0.1) is 0 Å². The molecule has 0 aliphatic heterocycles. The maximum atomic E-state index is 11.9. The third-order valence-electron chi connectivity index (χ3n) is 3.23. The minimum absolute atomic E-state index is 0.136. The second-order valence-electron chi connectivity index (χ2n) is 5.17. The quantitative estimate of drug-likeness (QED) is 0.746. The number of amides is 3. The molecule has 0 aliphatic carbocycles. The van der Waals surface area contributed by atoms with E-state index in [1.165, 1.54) is 0 Å². The number of hydrogen-bond donors (Lipinski definition) is 3. The van der Waals surface area contributed by atoms with Crippen LogP contribution in [0.15, 0.2) is 36.7 Å². The Bertz CT molecular complexity index is 701. The first kappa shape index (κ1) is 16.8. The van der Waals surface area contributed by atoms with Gasteiger partial charge in [0.1, 0.15) is 0 Å². The van der Waals surface area contributed by atoms with E-state index < -0.39 is 17.9 Å². The van der Waals surface area contributed by atoms with Crippen LogP contribution in [0.4, 0.5) is 10.5 Å². The van der Waals surface area contributed by atoms with Gasteiger partial charge in [0.25, 0.3) is 0 Å². The molecule has 3 amide bonds. The Kier molecular flexibility index (Phi) is 5.59. The van der Waals surface area contributed by atoms with Gasteiger partial charge in [-0.25, -0.2) is 4.79 Å². The van der Waals surface area contributed by atoms with E-state index in [0.717, 1.165) is 5.56 Å². The maximum absolute atomic E-state index is 11.9. The molecule has 0 unspecified atom stereocenters. The van der Waals surface area contributed by atoms with Gasteiger partial charge >= 0.3 is 6.03 Å².